The molecular weight excluding hydrogens is 293 g/mol. The molecule has 0 aliphatic carbocycles. The van der Waals surface area contributed by atoms with Gasteiger partial charge >= 0.3 is 0 Å². The van der Waals surface area contributed by atoms with Gasteiger partial charge in [-0.1, -0.05) is 26.8 Å². The molecule has 5 nitrogen and oxygen atoms in total. The van der Waals surface area contributed by atoms with E-state index < -0.39 is 10.7 Å². The summed E-state index contributed by atoms with van der Waals surface area (Å²) in [7, 11) is 0. The average molecular weight is 309 g/mol. The summed E-state index contributed by atoms with van der Waals surface area (Å²) >= 11 is 1.51. The zero-order chi connectivity index (χ0) is 15.6. The van der Waals surface area contributed by atoms with Gasteiger partial charge < -0.3 is 5.32 Å². The van der Waals surface area contributed by atoms with E-state index >= 15 is 0 Å². The zero-order valence-electron chi connectivity index (χ0n) is 12.0. The Bertz CT molecular complexity index is 664. The van der Waals surface area contributed by atoms with Gasteiger partial charge in [0, 0.05) is 22.6 Å². The Kier molecular flexibility index (Phi) is 4.22. The number of thiazole rings is 1. The van der Waals surface area contributed by atoms with Crippen LogP contribution in [-0.4, -0.2) is 9.91 Å². The predicted molar refractivity (Wildman–Crippen MR) is 81.2 cm³/mol. The molecule has 7 heteroatoms. The van der Waals surface area contributed by atoms with E-state index in [4.69, 9.17) is 0 Å². The van der Waals surface area contributed by atoms with Crippen molar-refractivity contribution in [1.29, 1.82) is 0 Å². The van der Waals surface area contributed by atoms with Crippen LogP contribution in [0.4, 0.5) is 15.8 Å². The summed E-state index contributed by atoms with van der Waals surface area (Å²) < 4.78 is 13.7. The molecule has 1 N–H and O–H groups in total. The number of hydrogen-bond donors (Lipinski definition) is 1. The molecule has 2 rings (SSSR count). The first-order valence-electron chi connectivity index (χ1n) is 6.41. The maximum absolute atomic E-state index is 13.7. The molecule has 0 aliphatic heterocycles. The molecule has 112 valence electrons. The van der Waals surface area contributed by atoms with E-state index in [2.05, 4.69) is 31.1 Å². The molecule has 0 amide bonds. The summed E-state index contributed by atoms with van der Waals surface area (Å²) in [6, 6.07) is 3.80. The Labute approximate surface area is 126 Å². The minimum atomic E-state index is -0.634. The molecule has 0 radical (unpaired) electrons. The monoisotopic (exact) mass is 309 g/mol. The van der Waals surface area contributed by atoms with E-state index in [1.165, 1.54) is 29.5 Å². The number of hydrogen-bond acceptors (Lipinski definition) is 5. The van der Waals surface area contributed by atoms with E-state index in [1.807, 2.05) is 0 Å². The van der Waals surface area contributed by atoms with Crippen LogP contribution in [0.15, 0.2) is 24.4 Å². The van der Waals surface area contributed by atoms with Gasteiger partial charge in [0.25, 0.3) is 5.69 Å². The van der Waals surface area contributed by atoms with Crippen LogP contribution >= 0.6 is 11.3 Å². The number of para-hydroxylation sites is 1. The summed E-state index contributed by atoms with van der Waals surface area (Å²) in [5, 5.41) is 14.7. The highest BCUT2D eigenvalue weighted by molar-refractivity contribution is 7.11. The second-order valence-corrected chi connectivity index (χ2v) is 6.74. The summed E-state index contributed by atoms with van der Waals surface area (Å²) in [6.45, 7) is 6.48. The Morgan fingerprint density at radius 3 is 2.71 bits per heavy atom. The van der Waals surface area contributed by atoms with Crippen LogP contribution in [0.5, 0.6) is 0 Å². The lowest BCUT2D eigenvalue weighted by Gasteiger charge is -2.13. The minimum absolute atomic E-state index is 0.0487. The van der Waals surface area contributed by atoms with Gasteiger partial charge in [0.05, 0.1) is 16.5 Å². The average Bonchev–Trinajstić information content (AvgIpc) is 2.85. The molecule has 0 fully saturated rings. The lowest BCUT2D eigenvalue weighted by molar-refractivity contribution is -0.384. The summed E-state index contributed by atoms with van der Waals surface area (Å²) in [4.78, 5) is 15.5. The van der Waals surface area contributed by atoms with Crippen molar-refractivity contribution in [3.8, 4) is 0 Å². The molecule has 2 aromatic rings. The Morgan fingerprint density at radius 2 is 2.14 bits per heavy atom. The first-order chi connectivity index (χ1) is 9.79. The fraction of sp³-hybridized carbons (Fsp3) is 0.357. The van der Waals surface area contributed by atoms with Gasteiger partial charge in [-0.05, 0) is 6.07 Å². The molecule has 0 spiro atoms. The van der Waals surface area contributed by atoms with Gasteiger partial charge in [0.15, 0.2) is 5.82 Å². The van der Waals surface area contributed by atoms with Gasteiger partial charge in [0.2, 0.25) is 0 Å². The third-order valence-electron chi connectivity index (χ3n) is 2.82. The molecule has 0 bridgehead atoms. The second-order valence-electron chi connectivity index (χ2n) is 5.63. The molecule has 0 saturated heterocycles. The molecule has 1 heterocycles. The highest BCUT2D eigenvalue weighted by atomic mass is 32.1. The van der Waals surface area contributed by atoms with Crippen molar-refractivity contribution in [2.75, 3.05) is 5.32 Å². The lowest BCUT2D eigenvalue weighted by Crippen LogP contribution is -2.09. The van der Waals surface area contributed by atoms with Crippen LogP contribution in [-0.2, 0) is 12.0 Å². The van der Waals surface area contributed by atoms with Crippen molar-refractivity contribution < 1.29 is 9.31 Å². The van der Waals surface area contributed by atoms with Crippen molar-refractivity contribution in [3.05, 3.63) is 50.2 Å². The van der Waals surface area contributed by atoms with E-state index in [0.29, 0.717) is 6.54 Å². The van der Waals surface area contributed by atoms with Crippen LogP contribution in [0.3, 0.4) is 0 Å². The fourth-order valence-corrected chi connectivity index (χ4v) is 2.66. The van der Waals surface area contributed by atoms with Crippen molar-refractivity contribution in [2.45, 2.75) is 32.7 Å². The van der Waals surface area contributed by atoms with Crippen LogP contribution in [0.2, 0.25) is 0 Å². The number of rotatable bonds is 4. The highest BCUT2D eigenvalue weighted by Gasteiger charge is 2.20. The van der Waals surface area contributed by atoms with E-state index in [1.54, 1.807) is 6.20 Å². The number of nitrogens with one attached hydrogen (secondary N) is 1. The van der Waals surface area contributed by atoms with Crippen LogP contribution < -0.4 is 5.32 Å². The van der Waals surface area contributed by atoms with Gasteiger partial charge in [-0.3, -0.25) is 10.1 Å². The van der Waals surface area contributed by atoms with Crippen molar-refractivity contribution in [3.63, 3.8) is 0 Å². The Balaban J connectivity index is 2.17. The van der Waals surface area contributed by atoms with Crippen LogP contribution in [0.1, 0.15) is 30.7 Å². The molecule has 1 aromatic heterocycles. The van der Waals surface area contributed by atoms with Gasteiger partial charge in [0.1, 0.15) is 5.69 Å². The molecule has 0 unspecified atom stereocenters. The summed E-state index contributed by atoms with van der Waals surface area (Å²) in [6.07, 6.45) is 1.71. The van der Waals surface area contributed by atoms with Gasteiger partial charge in [-0.25, -0.2) is 9.37 Å². The molecular formula is C14H16FN3O2S. The Hall–Kier alpha value is -2.02. The maximum atomic E-state index is 13.7. The minimum Gasteiger partial charge on any atom is -0.372 e. The number of nitro groups is 1. The van der Waals surface area contributed by atoms with Crippen LogP contribution in [0.25, 0.3) is 0 Å². The predicted octanol–water partition coefficient (Wildman–Crippen LogP) is 4.10. The van der Waals surface area contributed by atoms with Crippen molar-refractivity contribution in [1.82, 2.24) is 4.98 Å². The molecule has 0 saturated carbocycles. The first-order valence-corrected chi connectivity index (χ1v) is 7.22. The normalized spacial score (nSPS) is 11.4. The molecule has 0 atom stereocenters. The number of anilines is 1. The number of benzene rings is 1. The SMILES string of the molecule is CC(C)(C)c1ncc(CNc2c(F)cccc2[N+](=O)[O-])s1. The highest BCUT2D eigenvalue weighted by Crippen LogP contribution is 2.30. The van der Waals surface area contributed by atoms with Crippen molar-refractivity contribution in [2.24, 2.45) is 0 Å². The van der Waals surface area contributed by atoms with E-state index in [0.717, 1.165) is 9.88 Å². The third-order valence-corrected chi connectivity index (χ3v) is 4.25. The number of nitro benzene ring substituents is 1. The van der Waals surface area contributed by atoms with Crippen LogP contribution in [0, 0.1) is 15.9 Å². The van der Waals surface area contributed by atoms with Crippen molar-refractivity contribution >= 4 is 22.7 Å². The summed E-state index contributed by atoms with van der Waals surface area (Å²) in [5.74, 6) is -0.634. The number of halogens is 1. The fourth-order valence-electron chi connectivity index (χ4n) is 1.75. The first kappa shape index (κ1) is 15.4. The smallest absolute Gasteiger partial charge is 0.295 e. The van der Waals surface area contributed by atoms with E-state index in [-0.39, 0.29) is 16.8 Å². The second kappa shape index (κ2) is 5.77. The van der Waals surface area contributed by atoms with Gasteiger partial charge in [-0.15, -0.1) is 11.3 Å². The Morgan fingerprint density at radius 1 is 1.43 bits per heavy atom. The molecule has 1 aromatic carbocycles. The number of nitrogens with zero attached hydrogens (tertiary/aromatic N) is 2. The maximum Gasteiger partial charge on any atom is 0.295 e. The molecule has 21 heavy (non-hydrogen) atoms. The van der Waals surface area contributed by atoms with E-state index in [9.17, 15) is 14.5 Å². The standard InChI is InChI=1S/C14H16FN3O2S/c1-14(2,3)13-17-8-9(21-13)7-16-12-10(15)5-4-6-11(12)18(19)20/h4-6,8,16H,7H2,1-3H3. The third kappa shape index (κ3) is 3.55. The molecule has 0 aliphatic rings. The van der Waals surface area contributed by atoms with Gasteiger partial charge in [-0.2, -0.15) is 0 Å². The summed E-state index contributed by atoms with van der Waals surface area (Å²) in [5.41, 5.74) is -0.406. The quantitative estimate of drug-likeness (QED) is 0.682. The topological polar surface area (TPSA) is 68.1 Å². The largest absolute Gasteiger partial charge is 0.372 e. The lowest BCUT2D eigenvalue weighted by atomic mass is 9.98. The zero-order valence-corrected chi connectivity index (χ0v) is 12.8. The number of aromatic nitrogens is 1.